The second-order valence-electron chi connectivity index (χ2n) is 4.51. The Morgan fingerprint density at radius 2 is 2.29 bits per heavy atom. The third-order valence-electron chi connectivity index (χ3n) is 2.94. The highest BCUT2D eigenvalue weighted by Crippen LogP contribution is 2.22. The van der Waals surface area contributed by atoms with Crippen molar-refractivity contribution in [3.8, 4) is 0 Å². The van der Waals surface area contributed by atoms with E-state index in [2.05, 4.69) is 23.3 Å². The summed E-state index contributed by atoms with van der Waals surface area (Å²) in [7, 11) is 0. The van der Waals surface area contributed by atoms with Crippen molar-refractivity contribution in [3.05, 3.63) is 47.5 Å². The van der Waals surface area contributed by atoms with Crippen LogP contribution in [0.15, 0.2) is 36.4 Å². The first-order valence-corrected chi connectivity index (χ1v) is 5.92. The third kappa shape index (κ3) is 2.74. The Balaban J connectivity index is 2.12. The summed E-state index contributed by atoms with van der Waals surface area (Å²) in [6.07, 6.45) is 0.987. The first-order valence-electron chi connectivity index (χ1n) is 5.92. The normalized spacial score (nSPS) is 18.3. The van der Waals surface area contributed by atoms with Crippen LogP contribution in [0, 0.1) is 0 Å². The standard InChI is InChI=1S/C14H18N2O/c1-10(2)9-16-14(17)13-12-6-4-3-5-11(12)7-8-15-13/h3-6,13,15H,1,7-9H2,2H3,(H,16,17). The Hall–Kier alpha value is -1.61. The summed E-state index contributed by atoms with van der Waals surface area (Å²) in [5.41, 5.74) is 3.32. The van der Waals surface area contributed by atoms with Gasteiger partial charge in [0.05, 0.1) is 0 Å². The maximum Gasteiger partial charge on any atom is 0.242 e. The van der Waals surface area contributed by atoms with Crippen molar-refractivity contribution in [1.29, 1.82) is 0 Å². The minimum Gasteiger partial charge on any atom is -0.351 e. The molecule has 17 heavy (non-hydrogen) atoms. The Labute approximate surface area is 102 Å². The smallest absolute Gasteiger partial charge is 0.242 e. The van der Waals surface area contributed by atoms with Gasteiger partial charge < -0.3 is 10.6 Å². The summed E-state index contributed by atoms with van der Waals surface area (Å²) in [6, 6.07) is 7.89. The van der Waals surface area contributed by atoms with Crippen LogP contribution in [-0.2, 0) is 11.2 Å². The highest BCUT2D eigenvalue weighted by Gasteiger charge is 2.25. The molecule has 1 heterocycles. The van der Waals surface area contributed by atoms with Gasteiger partial charge in [0.2, 0.25) is 5.91 Å². The lowest BCUT2D eigenvalue weighted by Crippen LogP contribution is -2.41. The molecule has 0 bridgehead atoms. The van der Waals surface area contributed by atoms with Crippen molar-refractivity contribution in [2.45, 2.75) is 19.4 Å². The highest BCUT2D eigenvalue weighted by atomic mass is 16.2. The zero-order chi connectivity index (χ0) is 12.3. The van der Waals surface area contributed by atoms with Gasteiger partial charge in [0.25, 0.3) is 0 Å². The van der Waals surface area contributed by atoms with Crippen LogP contribution in [0.3, 0.4) is 0 Å². The number of hydrogen-bond acceptors (Lipinski definition) is 2. The minimum absolute atomic E-state index is 0.0279. The molecule has 3 heteroatoms. The second kappa shape index (κ2) is 5.15. The Kier molecular flexibility index (Phi) is 3.59. The Morgan fingerprint density at radius 1 is 1.53 bits per heavy atom. The molecule has 2 rings (SSSR count). The lowest BCUT2D eigenvalue weighted by Gasteiger charge is -2.26. The molecule has 1 amide bonds. The van der Waals surface area contributed by atoms with Crippen LogP contribution < -0.4 is 10.6 Å². The van der Waals surface area contributed by atoms with Crippen molar-refractivity contribution in [1.82, 2.24) is 10.6 Å². The zero-order valence-electron chi connectivity index (χ0n) is 10.1. The van der Waals surface area contributed by atoms with E-state index in [4.69, 9.17) is 0 Å². The molecule has 0 aromatic heterocycles. The average molecular weight is 230 g/mol. The summed E-state index contributed by atoms with van der Waals surface area (Å²) in [6.45, 7) is 7.08. The van der Waals surface area contributed by atoms with Crippen LogP contribution in [-0.4, -0.2) is 19.0 Å². The van der Waals surface area contributed by atoms with E-state index in [0.29, 0.717) is 6.54 Å². The molecule has 0 saturated heterocycles. The minimum atomic E-state index is -0.223. The zero-order valence-corrected chi connectivity index (χ0v) is 10.1. The van der Waals surface area contributed by atoms with E-state index in [9.17, 15) is 4.79 Å². The first-order chi connectivity index (χ1) is 8.18. The van der Waals surface area contributed by atoms with E-state index >= 15 is 0 Å². The number of carbonyl (C=O) groups is 1. The summed E-state index contributed by atoms with van der Waals surface area (Å²) in [5, 5.41) is 6.15. The van der Waals surface area contributed by atoms with E-state index in [-0.39, 0.29) is 11.9 Å². The van der Waals surface area contributed by atoms with Gasteiger partial charge in [-0.25, -0.2) is 0 Å². The fourth-order valence-corrected chi connectivity index (χ4v) is 2.08. The maximum atomic E-state index is 12.1. The molecule has 0 aliphatic carbocycles. The highest BCUT2D eigenvalue weighted by molar-refractivity contribution is 5.84. The molecule has 1 atom stereocenters. The van der Waals surface area contributed by atoms with Crippen molar-refractivity contribution in [2.24, 2.45) is 0 Å². The van der Waals surface area contributed by atoms with E-state index in [1.807, 2.05) is 25.1 Å². The number of benzene rings is 1. The predicted octanol–water partition coefficient (Wildman–Crippen LogP) is 1.57. The lowest BCUT2D eigenvalue weighted by molar-refractivity contribution is -0.123. The number of nitrogens with one attached hydrogen (secondary N) is 2. The van der Waals surface area contributed by atoms with Gasteiger partial charge in [0.1, 0.15) is 6.04 Å². The van der Waals surface area contributed by atoms with Crippen molar-refractivity contribution in [3.63, 3.8) is 0 Å². The number of rotatable bonds is 3. The largest absolute Gasteiger partial charge is 0.351 e. The van der Waals surface area contributed by atoms with Crippen molar-refractivity contribution in [2.75, 3.05) is 13.1 Å². The van der Waals surface area contributed by atoms with Gasteiger partial charge in [0.15, 0.2) is 0 Å². The number of fused-ring (bicyclic) bond motifs is 1. The van der Waals surface area contributed by atoms with Gasteiger partial charge in [-0.3, -0.25) is 4.79 Å². The summed E-state index contributed by atoms with van der Waals surface area (Å²) in [5.74, 6) is 0.0279. The number of carbonyl (C=O) groups excluding carboxylic acids is 1. The molecule has 3 nitrogen and oxygen atoms in total. The van der Waals surface area contributed by atoms with Crippen molar-refractivity contribution >= 4 is 5.91 Å². The lowest BCUT2D eigenvalue weighted by atomic mass is 9.94. The van der Waals surface area contributed by atoms with Crippen LogP contribution in [0.4, 0.5) is 0 Å². The fraction of sp³-hybridized carbons (Fsp3) is 0.357. The first kappa shape index (κ1) is 11.9. The predicted molar refractivity (Wildman–Crippen MR) is 68.7 cm³/mol. The number of amides is 1. The Morgan fingerprint density at radius 3 is 3.06 bits per heavy atom. The third-order valence-corrected chi connectivity index (χ3v) is 2.94. The molecule has 1 aliphatic rings. The molecule has 0 radical (unpaired) electrons. The molecule has 90 valence electrons. The monoisotopic (exact) mass is 230 g/mol. The van der Waals surface area contributed by atoms with E-state index in [0.717, 1.165) is 24.1 Å². The topological polar surface area (TPSA) is 41.1 Å². The molecular formula is C14H18N2O. The van der Waals surface area contributed by atoms with Gasteiger partial charge in [-0.1, -0.05) is 36.4 Å². The summed E-state index contributed by atoms with van der Waals surface area (Å²) in [4.78, 5) is 12.1. The van der Waals surface area contributed by atoms with Gasteiger partial charge >= 0.3 is 0 Å². The quantitative estimate of drug-likeness (QED) is 0.774. The molecule has 1 aromatic carbocycles. The van der Waals surface area contributed by atoms with E-state index in [1.165, 1.54) is 5.56 Å². The van der Waals surface area contributed by atoms with Crippen molar-refractivity contribution < 1.29 is 4.79 Å². The molecule has 1 aliphatic heterocycles. The fourth-order valence-electron chi connectivity index (χ4n) is 2.08. The van der Waals surface area contributed by atoms with Gasteiger partial charge in [-0.2, -0.15) is 0 Å². The molecule has 1 unspecified atom stereocenters. The molecule has 2 N–H and O–H groups in total. The van der Waals surface area contributed by atoms with Crippen LogP contribution in [0.1, 0.15) is 24.1 Å². The van der Waals surface area contributed by atoms with E-state index < -0.39 is 0 Å². The SMILES string of the molecule is C=C(C)CNC(=O)C1NCCc2ccccc21. The van der Waals surface area contributed by atoms with E-state index in [1.54, 1.807) is 0 Å². The summed E-state index contributed by atoms with van der Waals surface area (Å²) >= 11 is 0. The van der Waals surface area contributed by atoms with Crippen LogP contribution >= 0.6 is 0 Å². The molecule has 1 aromatic rings. The number of hydrogen-bond donors (Lipinski definition) is 2. The van der Waals surface area contributed by atoms with Gasteiger partial charge in [-0.05, 0) is 24.5 Å². The molecular weight excluding hydrogens is 212 g/mol. The van der Waals surface area contributed by atoms with Crippen LogP contribution in [0.5, 0.6) is 0 Å². The maximum absolute atomic E-state index is 12.1. The molecule has 0 fully saturated rings. The second-order valence-corrected chi connectivity index (χ2v) is 4.51. The van der Waals surface area contributed by atoms with Gasteiger partial charge in [0, 0.05) is 13.1 Å². The van der Waals surface area contributed by atoms with Gasteiger partial charge in [-0.15, -0.1) is 0 Å². The summed E-state index contributed by atoms with van der Waals surface area (Å²) < 4.78 is 0. The molecule has 0 saturated carbocycles. The average Bonchev–Trinajstić information content (AvgIpc) is 2.35. The molecule has 0 spiro atoms. The Bertz CT molecular complexity index is 440. The van der Waals surface area contributed by atoms with Crippen LogP contribution in [0.25, 0.3) is 0 Å². The van der Waals surface area contributed by atoms with Crippen LogP contribution in [0.2, 0.25) is 0 Å².